The summed E-state index contributed by atoms with van der Waals surface area (Å²) >= 11 is 6.32. The zero-order chi connectivity index (χ0) is 24.1. The second-order valence-corrected chi connectivity index (χ2v) is 9.76. The number of ketones is 1. The molecule has 0 spiro atoms. The summed E-state index contributed by atoms with van der Waals surface area (Å²) in [6.07, 6.45) is 1.48. The Labute approximate surface area is 198 Å². The SMILES string of the molecule is Cc1ccc(C(C)(C)C)cc1/C(O)=C1\C(=O)C(=O)N(c2cccc(Cl)c2C)C1c1ccco1. The summed E-state index contributed by atoms with van der Waals surface area (Å²) in [6, 6.07) is 13.4. The molecule has 1 saturated heterocycles. The smallest absolute Gasteiger partial charge is 0.300 e. The Hall–Kier alpha value is -3.31. The van der Waals surface area contributed by atoms with Gasteiger partial charge in [-0.25, -0.2) is 0 Å². The molecule has 0 saturated carbocycles. The molecule has 33 heavy (non-hydrogen) atoms. The second-order valence-electron chi connectivity index (χ2n) is 9.35. The maximum atomic E-state index is 13.3. The summed E-state index contributed by atoms with van der Waals surface area (Å²) in [5.74, 6) is -1.36. The fraction of sp³-hybridized carbons (Fsp3) is 0.259. The molecule has 1 amide bonds. The molecule has 2 heterocycles. The first kappa shape index (κ1) is 22.9. The quantitative estimate of drug-likeness (QED) is 0.274. The molecule has 1 aliphatic heterocycles. The number of nitrogens with zero attached hydrogens (tertiary/aromatic N) is 1. The molecule has 6 heteroatoms. The van der Waals surface area contributed by atoms with Crippen LogP contribution in [0.5, 0.6) is 0 Å². The number of amides is 1. The van der Waals surface area contributed by atoms with Gasteiger partial charge < -0.3 is 9.52 Å². The zero-order valence-corrected chi connectivity index (χ0v) is 20.0. The molecule has 170 valence electrons. The number of Topliss-reactive ketones (excluding diaryl/α,β-unsaturated/α-hetero) is 1. The van der Waals surface area contributed by atoms with E-state index in [2.05, 4.69) is 20.8 Å². The van der Waals surface area contributed by atoms with Gasteiger partial charge in [0.2, 0.25) is 0 Å². The number of carbonyl (C=O) groups excluding carboxylic acids is 2. The maximum absolute atomic E-state index is 13.3. The van der Waals surface area contributed by atoms with Gasteiger partial charge in [-0.2, -0.15) is 0 Å². The largest absolute Gasteiger partial charge is 0.507 e. The Morgan fingerprint density at radius 3 is 2.42 bits per heavy atom. The molecular formula is C27H26ClNO4. The van der Waals surface area contributed by atoms with Crippen LogP contribution >= 0.6 is 11.6 Å². The number of halogens is 1. The number of furan rings is 1. The lowest BCUT2D eigenvalue weighted by atomic mass is 9.84. The van der Waals surface area contributed by atoms with E-state index in [9.17, 15) is 14.7 Å². The lowest BCUT2D eigenvalue weighted by Crippen LogP contribution is -2.30. The van der Waals surface area contributed by atoms with Gasteiger partial charge >= 0.3 is 0 Å². The molecule has 1 N–H and O–H groups in total. The number of rotatable bonds is 3. The Balaban J connectivity index is 1.98. The number of aryl methyl sites for hydroxylation is 1. The molecule has 1 fully saturated rings. The Kier molecular flexibility index (Phi) is 5.71. The van der Waals surface area contributed by atoms with E-state index in [1.807, 2.05) is 25.1 Å². The van der Waals surface area contributed by atoms with Crippen molar-refractivity contribution in [1.82, 2.24) is 0 Å². The van der Waals surface area contributed by atoms with Crippen LogP contribution in [-0.4, -0.2) is 16.8 Å². The van der Waals surface area contributed by atoms with E-state index in [0.717, 1.165) is 11.1 Å². The van der Waals surface area contributed by atoms with Gasteiger partial charge in [-0.1, -0.05) is 50.6 Å². The highest BCUT2D eigenvalue weighted by Gasteiger charge is 2.49. The summed E-state index contributed by atoms with van der Waals surface area (Å²) in [5.41, 5.74) is 3.29. The lowest BCUT2D eigenvalue weighted by Gasteiger charge is -2.25. The molecule has 1 atom stereocenters. The standard InChI is InChI=1S/C27H26ClNO4/c1-15-11-12-17(27(3,4)5)14-18(15)24(30)22-23(21-10-7-13-33-21)29(26(32)25(22)31)20-9-6-8-19(28)16(20)2/h6-14,23,30H,1-5H3/b24-22+. The van der Waals surface area contributed by atoms with Crippen LogP contribution in [0.4, 0.5) is 5.69 Å². The van der Waals surface area contributed by atoms with Crippen LogP contribution in [0, 0.1) is 13.8 Å². The number of hydrogen-bond acceptors (Lipinski definition) is 4. The van der Waals surface area contributed by atoms with Crippen molar-refractivity contribution < 1.29 is 19.1 Å². The minimum absolute atomic E-state index is 0.0107. The fourth-order valence-corrected chi connectivity index (χ4v) is 4.31. The summed E-state index contributed by atoms with van der Waals surface area (Å²) in [4.78, 5) is 28.0. The number of benzene rings is 2. The van der Waals surface area contributed by atoms with E-state index in [1.165, 1.54) is 11.2 Å². The van der Waals surface area contributed by atoms with Crippen molar-refractivity contribution in [3.63, 3.8) is 0 Å². The van der Waals surface area contributed by atoms with Crippen LogP contribution < -0.4 is 4.90 Å². The van der Waals surface area contributed by atoms with Gasteiger partial charge in [0.15, 0.2) is 0 Å². The number of hydrogen-bond donors (Lipinski definition) is 1. The molecule has 0 bridgehead atoms. The molecule has 1 unspecified atom stereocenters. The van der Waals surface area contributed by atoms with Crippen LogP contribution in [0.3, 0.4) is 0 Å². The van der Waals surface area contributed by atoms with Crippen molar-refractivity contribution in [2.24, 2.45) is 0 Å². The van der Waals surface area contributed by atoms with Gasteiger partial charge in [0, 0.05) is 16.3 Å². The van der Waals surface area contributed by atoms with E-state index in [4.69, 9.17) is 16.0 Å². The minimum atomic E-state index is -0.921. The first-order valence-electron chi connectivity index (χ1n) is 10.7. The number of carbonyl (C=O) groups is 2. The second kappa shape index (κ2) is 8.23. The predicted molar refractivity (Wildman–Crippen MR) is 130 cm³/mol. The van der Waals surface area contributed by atoms with Gasteiger partial charge in [0.05, 0.1) is 11.8 Å². The van der Waals surface area contributed by atoms with Gasteiger partial charge in [-0.15, -0.1) is 0 Å². The van der Waals surface area contributed by atoms with Crippen molar-refractivity contribution in [2.45, 2.75) is 46.1 Å². The Morgan fingerprint density at radius 1 is 1.06 bits per heavy atom. The van der Waals surface area contributed by atoms with Crippen molar-refractivity contribution in [3.05, 3.63) is 93.4 Å². The lowest BCUT2D eigenvalue weighted by molar-refractivity contribution is -0.132. The van der Waals surface area contributed by atoms with Gasteiger partial charge in [-0.3, -0.25) is 14.5 Å². The molecular weight excluding hydrogens is 438 g/mol. The van der Waals surface area contributed by atoms with Gasteiger partial charge in [-0.05, 0) is 66.3 Å². The minimum Gasteiger partial charge on any atom is -0.507 e. The van der Waals surface area contributed by atoms with Crippen molar-refractivity contribution in [3.8, 4) is 0 Å². The van der Waals surface area contributed by atoms with E-state index in [1.54, 1.807) is 37.3 Å². The van der Waals surface area contributed by atoms with Crippen LogP contribution in [0.15, 0.2) is 64.8 Å². The van der Waals surface area contributed by atoms with E-state index in [0.29, 0.717) is 27.6 Å². The number of aliphatic hydroxyl groups excluding tert-OH is 1. The summed E-state index contributed by atoms with van der Waals surface area (Å²) in [5, 5.41) is 11.9. The molecule has 1 aliphatic rings. The predicted octanol–water partition coefficient (Wildman–Crippen LogP) is 6.47. The molecule has 2 aromatic carbocycles. The van der Waals surface area contributed by atoms with Gasteiger partial charge in [0.1, 0.15) is 17.6 Å². The Morgan fingerprint density at radius 2 is 1.79 bits per heavy atom. The topological polar surface area (TPSA) is 70.8 Å². The van der Waals surface area contributed by atoms with Crippen molar-refractivity contribution in [1.29, 1.82) is 0 Å². The Bertz CT molecular complexity index is 1280. The third kappa shape index (κ3) is 3.87. The fourth-order valence-electron chi connectivity index (χ4n) is 4.14. The van der Waals surface area contributed by atoms with Crippen LogP contribution in [0.25, 0.3) is 5.76 Å². The van der Waals surface area contributed by atoms with E-state index < -0.39 is 17.7 Å². The highest BCUT2D eigenvalue weighted by atomic mass is 35.5. The molecule has 4 rings (SSSR count). The number of anilines is 1. The number of aliphatic hydroxyl groups is 1. The monoisotopic (exact) mass is 463 g/mol. The van der Waals surface area contributed by atoms with Gasteiger partial charge in [0.25, 0.3) is 11.7 Å². The van der Waals surface area contributed by atoms with Crippen LogP contribution in [0.1, 0.15) is 54.8 Å². The third-order valence-electron chi connectivity index (χ3n) is 6.11. The highest BCUT2D eigenvalue weighted by molar-refractivity contribution is 6.52. The summed E-state index contributed by atoms with van der Waals surface area (Å²) in [6.45, 7) is 9.87. The normalized spacial score (nSPS) is 18.2. The third-order valence-corrected chi connectivity index (χ3v) is 6.52. The average molecular weight is 464 g/mol. The van der Waals surface area contributed by atoms with Crippen molar-refractivity contribution in [2.75, 3.05) is 4.90 Å². The molecule has 3 aromatic rings. The molecule has 0 aliphatic carbocycles. The van der Waals surface area contributed by atoms with E-state index >= 15 is 0 Å². The molecule has 1 aromatic heterocycles. The summed E-state index contributed by atoms with van der Waals surface area (Å²) < 4.78 is 5.64. The summed E-state index contributed by atoms with van der Waals surface area (Å²) in [7, 11) is 0. The maximum Gasteiger partial charge on any atom is 0.300 e. The van der Waals surface area contributed by atoms with Crippen LogP contribution in [0.2, 0.25) is 5.02 Å². The highest BCUT2D eigenvalue weighted by Crippen LogP contribution is 2.44. The average Bonchev–Trinajstić information content (AvgIpc) is 3.36. The van der Waals surface area contributed by atoms with Crippen LogP contribution in [-0.2, 0) is 15.0 Å². The first-order valence-corrected chi connectivity index (χ1v) is 11.1. The first-order chi connectivity index (χ1) is 15.5. The van der Waals surface area contributed by atoms with Crippen molar-refractivity contribution >= 4 is 34.7 Å². The molecule has 5 nitrogen and oxygen atoms in total. The zero-order valence-electron chi connectivity index (χ0n) is 19.3. The molecule has 0 radical (unpaired) electrons. The van der Waals surface area contributed by atoms with E-state index in [-0.39, 0.29) is 16.7 Å².